The van der Waals surface area contributed by atoms with E-state index in [4.69, 9.17) is 4.74 Å². The molecule has 1 aromatic heterocycles. The molecule has 0 aliphatic carbocycles. The lowest BCUT2D eigenvalue weighted by atomic mass is 9.96. The van der Waals surface area contributed by atoms with Crippen LogP contribution >= 0.6 is 27.3 Å². The summed E-state index contributed by atoms with van der Waals surface area (Å²) in [5.41, 5.74) is 1.33. The maximum Gasteiger partial charge on any atom is 0.0931 e. The zero-order valence-corrected chi connectivity index (χ0v) is 13.9. The molecule has 5 heteroatoms. The maximum absolute atomic E-state index is 5.08. The quantitative estimate of drug-likeness (QED) is 0.737. The molecule has 1 unspecified atom stereocenters. The van der Waals surface area contributed by atoms with E-state index >= 15 is 0 Å². The molecule has 2 aromatic rings. The standard InChI is InChI=1S/C15H19BrN2OS/c1-19-8-6-17-11-12(10-15-18-7-9-20-15)13-4-2-3-5-14(13)16/h2-5,7,9,12,17H,6,8,10-11H2,1H3. The third kappa shape index (κ3) is 4.66. The first-order valence-electron chi connectivity index (χ1n) is 6.63. The number of nitrogens with zero attached hydrogens (tertiary/aromatic N) is 1. The average Bonchev–Trinajstić information content (AvgIpc) is 2.96. The summed E-state index contributed by atoms with van der Waals surface area (Å²) in [7, 11) is 1.72. The van der Waals surface area contributed by atoms with Crippen molar-refractivity contribution in [3.8, 4) is 0 Å². The predicted molar refractivity (Wildman–Crippen MR) is 87.4 cm³/mol. The van der Waals surface area contributed by atoms with Gasteiger partial charge in [0.2, 0.25) is 0 Å². The predicted octanol–water partition coefficient (Wildman–Crippen LogP) is 3.47. The van der Waals surface area contributed by atoms with E-state index in [1.54, 1.807) is 18.4 Å². The van der Waals surface area contributed by atoms with Crippen molar-refractivity contribution in [1.82, 2.24) is 10.3 Å². The normalized spacial score (nSPS) is 12.5. The lowest BCUT2D eigenvalue weighted by molar-refractivity contribution is 0.199. The van der Waals surface area contributed by atoms with Gasteiger partial charge in [0.15, 0.2) is 0 Å². The van der Waals surface area contributed by atoms with E-state index in [1.165, 1.54) is 10.6 Å². The lowest BCUT2D eigenvalue weighted by Crippen LogP contribution is -2.26. The minimum absolute atomic E-state index is 0.411. The average molecular weight is 355 g/mol. The van der Waals surface area contributed by atoms with E-state index in [9.17, 15) is 0 Å². The smallest absolute Gasteiger partial charge is 0.0931 e. The number of nitrogens with one attached hydrogen (secondary N) is 1. The Balaban J connectivity index is 2.05. The molecule has 108 valence electrons. The monoisotopic (exact) mass is 354 g/mol. The second-order valence-electron chi connectivity index (χ2n) is 4.55. The number of hydrogen-bond donors (Lipinski definition) is 1. The zero-order chi connectivity index (χ0) is 14.2. The van der Waals surface area contributed by atoms with Crippen LogP contribution in [0.2, 0.25) is 0 Å². The van der Waals surface area contributed by atoms with Gasteiger partial charge in [-0.2, -0.15) is 0 Å². The van der Waals surface area contributed by atoms with Crippen LogP contribution in [0.15, 0.2) is 40.3 Å². The molecule has 0 amide bonds. The molecule has 0 spiro atoms. The van der Waals surface area contributed by atoms with Crippen molar-refractivity contribution >= 4 is 27.3 Å². The summed E-state index contributed by atoms with van der Waals surface area (Å²) in [6, 6.07) is 8.41. The van der Waals surface area contributed by atoms with Crippen molar-refractivity contribution < 1.29 is 4.74 Å². The molecule has 0 aliphatic rings. The third-order valence-electron chi connectivity index (χ3n) is 3.12. The number of benzene rings is 1. The molecule has 0 saturated heterocycles. The van der Waals surface area contributed by atoms with Crippen LogP contribution in [-0.4, -0.2) is 31.8 Å². The molecule has 0 aliphatic heterocycles. The van der Waals surface area contributed by atoms with Gasteiger partial charge in [0.05, 0.1) is 11.6 Å². The second-order valence-corrected chi connectivity index (χ2v) is 6.38. The van der Waals surface area contributed by atoms with Crippen LogP contribution in [0.3, 0.4) is 0 Å². The molecule has 20 heavy (non-hydrogen) atoms. The fourth-order valence-electron chi connectivity index (χ4n) is 2.11. The van der Waals surface area contributed by atoms with Crippen LogP contribution in [-0.2, 0) is 11.2 Å². The molecular weight excluding hydrogens is 336 g/mol. The molecule has 0 radical (unpaired) electrons. The van der Waals surface area contributed by atoms with Crippen molar-refractivity contribution in [1.29, 1.82) is 0 Å². The van der Waals surface area contributed by atoms with Gasteiger partial charge >= 0.3 is 0 Å². The van der Waals surface area contributed by atoms with Gasteiger partial charge in [-0.05, 0) is 11.6 Å². The number of methoxy groups -OCH3 is 1. The van der Waals surface area contributed by atoms with Gasteiger partial charge in [-0.25, -0.2) is 4.98 Å². The third-order valence-corrected chi connectivity index (χ3v) is 4.65. The van der Waals surface area contributed by atoms with Crippen LogP contribution in [0.25, 0.3) is 0 Å². The second kappa shape index (κ2) is 8.52. The van der Waals surface area contributed by atoms with Crippen molar-refractivity contribution in [2.24, 2.45) is 0 Å². The van der Waals surface area contributed by atoms with Gasteiger partial charge in [0.1, 0.15) is 0 Å². The molecule has 3 nitrogen and oxygen atoms in total. The van der Waals surface area contributed by atoms with Crippen LogP contribution in [0.5, 0.6) is 0 Å². The van der Waals surface area contributed by atoms with Crippen LogP contribution in [0, 0.1) is 0 Å². The number of ether oxygens (including phenoxy) is 1. The fourth-order valence-corrected chi connectivity index (χ4v) is 3.42. The Morgan fingerprint density at radius 1 is 1.40 bits per heavy atom. The van der Waals surface area contributed by atoms with Crippen molar-refractivity contribution in [3.63, 3.8) is 0 Å². The Morgan fingerprint density at radius 3 is 2.95 bits per heavy atom. The molecule has 0 fully saturated rings. The summed E-state index contributed by atoms with van der Waals surface area (Å²) in [5, 5.41) is 6.67. The molecule has 1 heterocycles. The van der Waals surface area contributed by atoms with E-state index in [0.717, 1.165) is 30.6 Å². The highest BCUT2D eigenvalue weighted by molar-refractivity contribution is 9.10. The summed E-state index contributed by atoms with van der Waals surface area (Å²) in [6.45, 7) is 2.53. The Labute approximate surface area is 132 Å². The highest BCUT2D eigenvalue weighted by atomic mass is 79.9. The molecule has 2 rings (SSSR count). The Bertz CT molecular complexity index is 504. The SMILES string of the molecule is COCCNCC(Cc1nccs1)c1ccccc1Br. The Hall–Kier alpha value is -0.750. The van der Waals surface area contributed by atoms with E-state index in [2.05, 4.69) is 44.4 Å². The zero-order valence-electron chi connectivity index (χ0n) is 11.5. The first kappa shape index (κ1) is 15.6. The summed E-state index contributed by atoms with van der Waals surface area (Å²) in [4.78, 5) is 4.41. The largest absolute Gasteiger partial charge is 0.383 e. The lowest BCUT2D eigenvalue weighted by Gasteiger charge is -2.18. The van der Waals surface area contributed by atoms with Gasteiger partial charge in [-0.3, -0.25) is 0 Å². The van der Waals surface area contributed by atoms with Crippen molar-refractivity contribution in [2.75, 3.05) is 26.8 Å². The summed E-state index contributed by atoms with van der Waals surface area (Å²) in [6.07, 6.45) is 2.83. The van der Waals surface area contributed by atoms with Gasteiger partial charge < -0.3 is 10.1 Å². The fraction of sp³-hybridized carbons (Fsp3) is 0.400. The number of aromatic nitrogens is 1. The first-order chi connectivity index (χ1) is 9.81. The van der Waals surface area contributed by atoms with Gasteiger partial charge in [-0.1, -0.05) is 34.1 Å². The maximum atomic E-state index is 5.08. The number of rotatable bonds is 8. The highest BCUT2D eigenvalue weighted by Gasteiger charge is 2.16. The van der Waals surface area contributed by atoms with Crippen molar-refractivity contribution in [2.45, 2.75) is 12.3 Å². The number of thiazole rings is 1. The summed E-state index contributed by atoms with van der Waals surface area (Å²) >= 11 is 5.37. The summed E-state index contributed by atoms with van der Waals surface area (Å²) in [5.74, 6) is 0.411. The molecule has 0 bridgehead atoms. The van der Waals surface area contributed by atoms with E-state index in [1.807, 2.05) is 17.6 Å². The molecular formula is C15H19BrN2OS. The topological polar surface area (TPSA) is 34.1 Å². The van der Waals surface area contributed by atoms with Gasteiger partial charge in [0.25, 0.3) is 0 Å². The minimum atomic E-state index is 0.411. The number of hydrogen-bond acceptors (Lipinski definition) is 4. The minimum Gasteiger partial charge on any atom is -0.383 e. The first-order valence-corrected chi connectivity index (χ1v) is 8.31. The molecule has 1 aromatic carbocycles. The van der Waals surface area contributed by atoms with Gasteiger partial charge in [0, 0.05) is 48.6 Å². The van der Waals surface area contributed by atoms with E-state index in [-0.39, 0.29) is 0 Å². The van der Waals surface area contributed by atoms with Gasteiger partial charge in [-0.15, -0.1) is 11.3 Å². The van der Waals surface area contributed by atoms with Crippen LogP contribution in [0.1, 0.15) is 16.5 Å². The molecule has 1 N–H and O–H groups in total. The highest BCUT2D eigenvalue weighted by Crippen LogP contribution is 2.28. The number of halogens is 1. The molecule has 0 saturated carbocycles. The van der Waals surface area contributed by atoms with Crippen molar-refractivity contribution in [3.05, 3.63) is 50.9 Å². The van der Waals surface area contributed by atoms with Crippen LogP contribution < -0.4 is 5.32 Å². The van der Waals surface area contributed by atoms with E-state index in [0.29, 0.717) is 5.92 Å². The summed E-state index contributed by atoms with van der Waals surface area (Å²) < 4.78 is 6.24. The Kier molecular flexibility index (Phi) is 6.66. The van der Waals surface area contributed by atoms with E-state index < -0.39 is 0 Å². The Morgan fingerprint density at radius 2 is 2.25 bits per heavy atom. The van der Waals surface area contributed by atoms with Crippen LogP contribution in [0.4, 0.5) is 0 Å². The molecule has 1 atom stereocenters.